The minimum atomic E-state index is -4.11. The van der Waals surface area contributed by atoms with Gasteiger partial charge in [0.15, 0.2) is 0 Å². The highest BCUT2D eigenvalue weighted by Gasteiger charge is 2.33. The van der Waals surface area contributed by atoms with E-state index in [0.717, 1.165) is 27.4 Å². The van der Waals surface area contributed by atoms with Gasteiger partial charge in [-0.25, -0.2) is 8.42 Å². The Kier molecular flexibility index (Phi) is 10.2. The first kappa shape index (κ1) is 30.2. The van der Waals surface area contributed by atoms with Gasteiger partial charge in [-0.15, -0.1) is 0 Å². The molecular weight excluding hydrogens is 534 g/mol. The summed E-state index contributed by atoms with van der Waals surface area (Å²) in [6, 6.07) is 18.1. The second-order valence-electron chi connectivity index (χ2n) is 9.75. The summed E-state index contributed by atoms with van der Waals surface area (Å²) in [7, 11) is -4.11. The van der Waals surface area contributed by atoms with Crippen molar-refractivity contribution in [1.29, 1.82) is 0 Å². The SMILES string of the molecule is CCCNC(=O)C(C)N(Cc1ccccc1Cl)C(=O)CN(c1cc(C)cc(C)c1)S(=O)(=O)c1ccc(C)cc1. The predicted molar refractivity (Wildman–Crippen MR) is 156 cm³/mol. The number of hydrogen-bond acceptors (Lipinski definition) is 4. The summed E-state index contributed by atoms with van der Waals surface area (Å²) in [5.74, 6) is -0.847. The highest BCUT2D eigenvalue weighted by Crippen LogP contribution is 2.27. The van der Waals surface area contributed by atoms with Crippen molar-refractivity contribution in [2.75, 3.05) is 17.4 Å². The molecule has 3 aromatic rings. The maximum absolute atomic E-state index is 14.0. The van der Waals surface area contributed by atoms with E-state index < -0.39 is 28.5 Å². The van der Waals surface area contributed by atoms with Gasteiger partial charge in [0.25, 0.3) is 10.0 Å². The molecule has 3 aromatic carbocycles. The van der Waals surface area contributed by atoms with Gasteiger partial charge in [0.1, 0.15) is 12.6 Å². The molecule has 208 valence electrons. The van der Waals surface area contributed by atoms with Gasteiger partial charge in [-0.2, -0.15) is 0 Å². The third-order valence-corrected chi connectivity index (χ3v) is 8.55. The molecule has 0 aliphatic heterocycles. The van der Waals surface area contributed by atoms with Crippen LogP contribution in [0, 0.1) is 20.8 Å². The first-order chi connectivity index (χ1) is 18.4. The smallest absolute Gasteiger partial charge is 0.264 e. The summed E-state index contributed by atoms with van der Waals surface area (Å²) < 4.78 is 29.0. The fourth-order valence-corrected chi connectivity index (χ4v) is 5.84. The molecule has 0 spiro atoms. The molecule has 0 heterocycles. The lowest BCUT2D eigenvalue weighted by Crippen LogP contribution is -2.51. The summed E-state index contributed by atoms with van der Waals surface area (Å²) in [4.78, 5) is 28.4. The van der Waals surface area contributed by atoms with E-state index >= 15 is 0 Å². The number of rotatable bonds is 11. The summed E-state index contributed by atoms with van der Waals surface area (Å²) in [6.07, 6.45) is 0.742. The fraction of sp³-hybridized carbons (Fsp3) is 0.333. The Labute approximate surface area is 236 Å². The van der Waals surface area contributed by atoms with E-state index in [2.05, 4.69) is 5.32 Å². The van der Waals surface area contributed by atoms with Gasteiger partial charge in [0.2, 0.25) is 11.8 Å². The molecule has 7 nitrogen and oxygen atoms in total. The Morgan fingerprint density at radius 1 is 0.923 bits per heavy atom. The van der Waals surface area contributed by atoms with Crippen molar-refractivity contribution in [2.24, 2.45) is 0 Å². The quantitative estimate of drug-likeness (QED) is 0.335. The molecule has 0 aliphatic carbocycles. The molecular formula is C30H36ClN3O4S. The highest BCUT2D eigenvalue weighted by molar-refractivity contribution is 7.92. The molecule has 0 saturated carbocycles. The lowest BCUT2D eigenvalue weighted by atomic mass is 10.1. The average molecular weight is 570 g/mol. The van der Waals surface area contributed by atoms with Crippen LogP contribution in [0.3, 0.4) is 0 Å². The van der Waals surface area contributed by atoms with E-state index in [1.807, 2.05) is 33.8 Å². The Balaban J connectivity index is 2.06. The van der Waals surface area contributed by atoms with Gasteiger partial charge in [-0.1, -0.05) is 60.5 Å². The van der Waals surface area contributed by atoms with Crippen molar-refractivity contribution in [2.45, 2.75) is 58.5 Å². The zero-order valence-electron chi connectivity index (χ0n) is 23.1. The molecule has 39 heavy (non-hydrogen) atoms. The molecule has 0 aliphatic rings. The van der Waals surface area contributed by atoms with Crippen molar-refractivity contribution in [3.63, 3.8) is 0 Å². The number of nitrogens with zero attached hydrogens (tertiary/aromatic N) is 2. The molecule has 1 N–H and O–H groups in total. The molecule has 0 aromatic heterocycles. The highest BCUT2D eigenvalue weighted by atomic mass is 35.5. The van der Waals surface area contributed by atoms with E-state index in [0.29, 0.717) is 22.8 Å². The van der Waals surface area contributed by atoms with Crippen molar-refractivity contribution in [3.8, 4) is 0 Å². The molecule has 2 amide bonds. The summed E-state index contributed by atoms with van der Waals surface area (Å²) in [5.41, 5.74) is 3.67. The van der Waals surface area contributed by atoms with E-state index in [9.17, 15) is 18.0 Å². The Morgan fingerprint density at radius 2 is 1.54 bits per heavy atom. The Morgan fingerprint density at radius 3 is 2.13 bits per heavy atom. The number of hydrogen-bond donors (Lipinski definition) is 1. The molecule has 1 atom stereocenters. The van der Waals surface area contributed by atoms with Crippen LogP contribution in [0.25, 0.3) is 0 Å². The average Bonchev–Trinajstić information content (AvgIpc) is 2.89. The minimum Gasteiger partial charge on any atom is -0.354 e. The molecule has 0 saturated heterocycles. The van der Waals surface area contributed by atoms with E-state index in [1.165, 1.54) is 17.0 Å². The number of amides is 2. The second-order valence-corrected chi connectivity index (χ2v) is 12.0. The third kappa shape index (κ3) is 7.61. The number of anilines is 1. The monoisotopic (exact) mass is 569 g/mol. The Hall–Kier alpha value is -3.36. The third-order valence-electron chi connectivity index (χ3n) is 6.40. The maximum atomic E-state index is 14.0. The van der Waals surface area contributed by atoms with Crippen LogP contribution in [0.2, 0.25) is 5.02 Å². The van der Waals surface area contributed by atoms with Gasteiger partial charge in [0.05, 0.1) is 10.6 Å². The lowest BCUT2D eigenvalue weighted by Gasteiger charge is -2.32. The van der Waals surface area contributed by atoms with Gasteiger partial charge >= 0.3 is 0 Å². The maximum Gasteiger partial charge on any atom is 0.264 e. The van der Waals surface area contributed by atoms with Gasteiger partial charge in [0, 0.05) is 18.1 Å². The molecule has 1 unspecified atom stereocenters. The van der Waals surface area contributed by atoms with Crippen molar-refractivity contribution < 1.29 is 18.0 Å². The first-order valence-corrected chi connectivity index (χ1v) is 14.7. The number of nitrogens with one attached hydrogen (secondary N) is 1. The summed E-state index contributed by atoms with van der Waals surface area (Å²) >= 11 is 6.40. The molecule has 3 rings (SSSR count). The number of benzene rings is 3. The van der Waals surface area contributed by atoms with Gasteiger partial charge < -0.3 is 10.2 Å². The topological polar surface area (TPSA) is 86.8 Å². The van der Waals surface area contributed by atoms with Crippen LogP contribution >= 0.6 is 11.6 Å². The number of sulfonamides is 1. The second kappa shape index (κ2) is 13.1. The van der Waals surface area contributed by atoms with Crippen LogP contribution in [0.15, 0.2) is 71.6 Å². The predicted octanol–water partition coefficient (Wildman–Crippen LogP) is 5.40. The largest absolute Gasteiger partial charge is 0.354 e. The zero-order valence-corrected chi connectivity index (χ0v) is 24.6. The van der Waals surface area contributed by atoms with Crippen molar-refractivity contribution >= 4 is 39.1 Å². The normalized spacial score (nSPS) is 12.1. The number of carbonyl (C=O) groups is 2. The van der Waals surface area contributed by atoms with Gasteiger partial charge in [-0.05, 0) is 81.1 Å². The van der Waals surface area contributed by atoms with Crippen LogP contribution < -0.4 is 9.62 Å². The van der Waals surface area contributed by atoms with E-state index in [1.54, 1.807) is 55.5 Å². The van der Waals surface area contributed by atoms with Crippen molar-refractivity contribution in [1.82, 2.24) is 10.2 Å². The minimum absolute atomic E-state index is 0.0461. The number of halogens is 1. The fourth-order valence-electron chi connectivity index (χ4n) is 4.25. The molecule has 0 fully saturated rings. The number of carbonyl (C=O) groups excluding carboxylic acids is 2. The number of aryl methyl sites for hydroxylation is 3. The summed E-state index contributed by atoms with van der Waals surface area (Å²) in [6.45, 7) is 9.22. The standard InChI is InChI=1S/C30H36ClN3O4S/c1-6-15-32-30(36)24(5)33(19-25-9-7-8-10-28(25)31)29(35)20-34(26-17-22(3)16-23(4)18-26)39(37,38)27-13-11-21(2)12-14-27/h7-14,16-18,24H,6,15,19-20H2,1-5H3,(H,32,36). The van der Waals surface area contributed by atoms with Crippen LogP contribution in [-0.2, 0) is 26.2 Å². The van der Waals surface area contributed by atoms with Crippen LogP contribution in [-0.4, -0.2) is 44.3 Å². The van der Waals surface area contributed by atoms with Crippen LogP contribution in [0.1, 0.15) is 42.5 Å². The molecule has 0 radical (unpaired) electrons. The summed E-state index contributed by atoms with van der Waals surface area (Å²) in [5, 5.41) is 3.29. The zero-order chi connectivity index (χ0) is 28.7. The lowest BCUT2D eigenvalue weighted by molar-refractivity contribution is -0.139. The van der Waals surface area contributed by atoms with E-state index in [4.69, 9.17) is 11.6 Å². The van der Waals surface area contributed by atoms with Crippen molar-refractivity contribution in [3.05, 3.63) is 94.0 Å². The Bertz CT molecular complexity index is 1400. The van der Waals surface area contributed by atoms with E-state index in [-0.39, 0.29) is 17.3 Å². The molecule has 9 heteroatoms. The molecule has 0 bridgehead atoms. The van der Waals surface area contributed by atoms with Crippen LogP contribution in [0.5, 0.6) is 0 Å². The van der Waals surface area contributed by atoms with Gasteiger partial charge in [-0.3, -0.25) is 13.9 Å². The first-order valence-electron chi connectivity index (χ1n) is 12.9. The van der Waals surface area contributed by atoms with Crippen LogP contribution in [0.4, 0.5) is 5.69 Å².